The van der Waals surface area contributed by atoms with E-state index >= 15 is 0 Å². The fourth-order valence-electron chi connectivity index (χ4n) is 2.44. The molecule has 0 saturated carbocycles. The molecule has 92 valence electrons. The van der Waals surface area contributed by atoms with E-state index in [1.54, 1.807) is 0 Å². The summed E-state index contributed by atoms with van der Waals surface area (Å²) in [4.78, 5) is 3.46. The van der Waals surface area contributed by atoms with Gasteiger partial charge in [-0.1, -0.05) is 31.5 Å². The van der Waals surface area contributed by atoms with Gasteiger partial charge in [-0.2, -0.15) is 0 Å². The number of benzene rings is 1. The fraction of sp³-hybridized carbons (Fsp3) is 0.250. The Kier molecular flexibility index (Phi) is 2.93. The lowest BCUT2D eigenvalue weighted by Gasteiger charge is -1.99. The number of H-pyrrole nitrogens is 1. The normalized spacial score (nSPS) is 11.2. The first-order chi connectivity index (χ1) is 8.85. The lowest BCUT2D eigenvalue weighted by molar-refractivity contribution is 0.782. The summed E-state index contributed by atoms with van der Waals surface area (Å²) in [6.45, 7) is 3.13. The molecule has 0 spiro atoms. The summed E-state index contributed by atoms with van der Waals surface area (Å²) in [5, 5.41) is 1.29. The van der Waals surface area contributed by atoms with Crippen molar-refractivity contribution in [3.05, 3.63) is 60.0 Å². The van der Waals surface area contributed by atoms with Crippen LogP contribution in [-0.2, 0) is 13.0 Å². The van der Waals surface area contributed by atoms with Crippen molar-refractivity contribution < 1.29 is 0 Å². The molecule has 2 aromatic heterocycles. The SMILES string of the molecule is CCCc1ccn(Cc2cc3ccccc3[nH]2)c1. The van der Waals surface area contributed by atoms with Gasteiger partial charge in [0.25, 0.3) is 0 Å². The van der Waals surface area contributed by atoms with Crippen LogP contribution in [0.5, 0.6) is 0 Å². The second-order valence-corrected chi connectivity index (χ2v) is 4.82. The lowest BCUT2D eigenvalue weighted by Crippen LogP contribution is -1.96. The van der Waals surface area contributed by atoms with Crippen molar-refractivity contribution in [2.24, 2.45) is 0 Å². The average Bonchev–Trinajstić information content (AvgIpc) is 2.96. The molecule has 0 aliphatic heterocycles. The monoisotopic (exact) mass is 238 g/mol. The van der Waals surface area contributed by atoms with E-state index in [9.17, 15) is 0 Å². The number of rotatable bonds is 4. The molecule has 2 heteroatoms. The van der Waals surface area contributed by atoms with E-state index in [1.165, 1.54) is 35.0 Å². The molecule has 0 radical (unpaired) electrons. The summed E-state index contributed by atoms with van der Waals surface area (Å²) in [5.74, 6) is 0. The third kappa shape index (κ3) is 2.19. The Labute approximate surface area is 107 Å². The van der Waals surface area contributed by atoms with Crippen molar-refractivity contribution in [2.75, 3.05) is 0 Å². The van der Waals surface area contributed by atoms with E-state index in [0.29, 0.717) is 0 Å². The number of para-hydroxylation sites is 1. The molecule has 18 heavy (non-hydrogen) atoms. The van der Waals surface area contributed by atoms with Crippen LogP contribution in [0.3, 0.4) is 0 Å². The highest BCUT2D eigenvalue weighted by Crippen LogP contribution is 2.16. The van der Waals surface area contributed by atoms with Gasteiger partial charge in [-0.15, -0.1) is 0 Å². The zero-order valence-corrected chi connectivity index (χ0v) is 10.7. The number of nitrogens with zero attached hydrogens (tertiary/aromatic N) is 1. The van der Waals surface area contributed by atoms with Crippen molar-refractivity contribution in [3.8, 4) is 0 Å². The minimum absolute atomic E-state index is 0.915. The van der Waals surface area contributed by atoms with E-state index in [4.69, 9.17) is 0 Å². The smallest absolute Gasteiger partial charge is 0.0620 e. The maximum atomic E-state index is 3.46. The highest BCUT2D eigenvalue weighted by Gasteiger charge is 2.01. The van der Waals surface area contributed by atoms with Crippen LogP contribution in [0.25, 0.3) is 10.9 Å². The Hall–Kier alpha value is -1.96. The molecule has 1 aromatic carbocycles. The highest BCUT2D eigenvalue weighted by molar-refractivity contribution is 5.80. The Bertz CT molecular complexity index is 613. The third-order valence-corrected chi connectivity index (χ3v) is 3.29. The van der Waals surface area contributed by atoms with Crippen LogP contribution in [0, 0.1) is 0 Å². The van der Waals surface area contributed by atoms with Crippen LogP contribution in [0.2, 0.25) is 0 Å². The zero-order chi connectivity index (χ0) is 12.4. The Morgan fingerprint density at radius 1 is 1.17 bits per heavy atom. The molecule has 1 N–H and O–H groups in total. The minimum Gasteiger partial charge on any atom is -0.357 e. The van der Waals surface area contributed by atoms with Crippen molar-refractivity contribution in [2.45, 2.75) is 26.3 Å². The Morgan fingerprint density at radius 3 is 2.89 bits per heavy atom. The molecular weight excluding hydrogens is 220 g/mol. The van der Waals surface area contributed by atoms with Gasteiger partial charge in [-0.3, -0.25) is 0 Å². The summed E-state index contributed by atoms with van der Waals surface area (Å²) in [6.07, 6.45) is 6.78. The van der Waals surface area contributed by atoms with Gasteiger partial charge >= 0.3 is 0 Å². The van der Waals surface area contributed by atoms with Crippen molar-refractivity contribution in [1.82, 2.24) is 9.55 Å². The molecular formula is C16H18N2. The largest absolute Gasteiger partial charge is 0.357 e. The highest BCUT2D eigenvalue weighted by atomic mass is 15.0. The van der Waals surface area contributed by atoms with Gasteiger partial charge in [0.1, 0.15) is 0 Å². The molecule has 2 heterocycles. The lowest BCUT2D eigenvalue weighted by atomic mass is 10.2. The first kappa shape index (κ1) is 11.1. The van der Waals surface area contributed by atoms with Crippen molar-refractivity contribution in [3.63, 3.8) is 0 Å². The van der Waals surface area contributed by atoms with Crippen LogP contribution in [-0.4, -0.2) is 9.55 Å². The van der Waals surface area contributed by atoms with Crippen molar-refractivity contribution >= 4 is 10.9 Å². The maximum Gasteiger partial charge on any atom is 0.0620 e. The summed E-state index contributed by atoms with van der Waals surface area (Å²) in [7, 11) is 0. The molecule has 0 bridgehead atoms. The van der Waals surface area contributed by atoms with E-state index in [2.05, 4.69) is 65.3 Å². The Morgan fingerprint density at radius 2 is 2.06 bits per heavy atom. The first-order valence-electron chi connectivity index (χ1n) is 6.56. The predicted molar refractivity (Wildman–Crippen MR) is 75.8 cm³/mol. The number of fused-ring (bicyclic) bond motifs is 1. The van der Waals surface area contributed by atoms with Crippen LogP contribution in [0.4, 0.5) is 0 Å². The zero-order valence-electron chi connectivity index (χ0n) is 10.7. The molecule has 0 amide bonds. The summed E-state index contributed by atoms with van der Waals surface area (Å²) >= 11 is 0. The van der Waals surface area contributed by atoms with Crippen LogP contribution in [0.15, 0.2) is 48.8 Å². The van der Waals surface area contributed by atoms with Crippen LogP contribution in [0.1, 0.15) is 24.6 Å². The summed E-state index contributed by atoms with van der Waals surface area (Å²) in [5.41, 5.74) is 3.90. The second kappa shape index (κ2) is 4.73. The van der Waals surface area contributed by atoms with E-state index in [1.807, 2.05) is 0 Å². The molecule has 0 atom stereocenters. The van der Waals surface area contributed by atoms with Crippen LogP contribution >= 0.6 is 0 Å². The van der Waals surface area contributed by atoms with Gasteiger partial charge < -0.3 is 9.55 Å². The third-order valence-electron chi connectivity index (χ3n) is 3.29. The minimum atomic E-state index is 0.915. The van der Waals surface area contributed by atoms with Gasteiger partial charge in [0, 0.05) is 23.6 Å². The molecule has 3 aromatic rings. The molecule has 0 saturated heterocycles. The number of aromatic amines is 1. The van der Waals surface area contributed by atoms with Gasteiger partial charge in [0.15, 0.2) is 0 Å². The molecule has 0 aliphatic rings. The van der Waals surface area contributed by atoms with Gasteiger partial charge in [0.05, 0.1) is 6.54 Å². The number of nitrogens with one attached hydrogen (secondary N) is 1. The average molecular weight is 238 g/mol. The molecule has 0 unspecified atom stereocenters. The Balaban J connectivity index is 1.82. The molecule has 0 fully saturated rings. The van der Waals surface area contributed by atoms with Crippen LogP contribution < -0.4 is 0 Å². The second-order valence-electron chi connectivity index (χ2n) is 4.82. The molecule has 2 nitrogen and oxygen atoms in total. The quantitative estimate of drug-likeness (QED) is 0.710. The summed E-state index contributed by atoms with van der Waals surface area (Å²) in [6, 6.07) is 12.9. The molecule has 0 aliphatic carbocycles. The van der Waals surface area contributed by atoms with E-state index < -0.39 is 0 Å². The van der Waals surface area contributed by atoms with Gasteiger partial charge in [-0.05, 0) is 35.6 Å². The maximum absolute atomic E-state index is 3.46. The van der Waals surface area contributed by atoms with Gasteiger partial charge in [-0.25, -0.2) is 0 Å². The summed E-state index contributed by atoms with van der Waals surface area (Å²) < 4.78 is 2.25. The number of hydrogen-bond acceptors (Lipinski definition) is 0. The van der Waals surface area contributed by atoms with Gasteiger partial charge in [0.2, 0.25) is 0 Å². The number of aryl methyl sites for hydroxylation is 1. The standard InChI is InChI=1S/C16H18N2/c1-2-5-13-8-9-18(11-13)12-15-10-14-6-3-4-7-16(14)17-15/h3-4,6-11,17H,2,5,12H2,1H3. The van der Waals surface area contributed by atoms with E-state index in [-0.39, 0.29) is 0 Å². The number of aromatic nitrogens is 2. The predicted octanol–water partition coefficient (Wildman–Crippen LogP) is 3.97. The molecule has 3 rings (SSSR count). The van der Waals surface area contributed by atoms with Crippen molar-refractivity contribution in [1.29, 1.82) is 0 Å². The number of hydrogen-bond donors (Lipinski definition) is 1. The fourth-order valence-corrected chi connectivity index (χ4v) is 2.44. The van der Waals surface area contributed by atoms with E-state index in [0.717, 1.165) is 6.54 Å². The topological polar surface area (TPSA) is 20.7 Å². The first-order valence-corrected chi connectivity index (χ1v) is 6.56.